The number of H-pyrrole nitrogens is 1. The summed E-state index contributed by atoms with van der Waals surface area (Å²) in [5, 5.41) is 0. The fraction of sp³-hybridized carbons (Fsp3) is 0.375. The zero-order valence-corrected chi connectivity index (χ0v) is 7.42. The molecule has 0 radical (unpaired) electrons. The van der Waals surface area contributed by atoms with Crippen LogP contribution in [-0.4, -0.2) is 0 Å². The molecule has 1 heterocycles. The molecule has 0 aliphatic rings. The number of aryl methyl sites for hydroxylation is 1. The fourth-order valence-corrected chi connectivity index (χ4v) is 1.02. The Bertz CT molecular complexity index is 332. The smallest absolute Gasteiger partial charge is 0.197 e. The van der Waals surface area contributed by atoms with Gasteiger partial charge in [-0.05, 0) is 12.5 Å². The molecular formula is C8H6F6N+. The maximum absolute atomic E-state index is 12.1. The van der Waals surface area contributed by atoms with Crippen LogP contribution >= 0.6 is 0 Å². The minimum Gasteiger partial charge on any atom is -0.197 e. The number of nitrogens with one attached hydrogen (secondary N) is 1. The van der Waals surface area contributed by atoms with Crippen LogP contribution in [0.15, 0.2) is 12.1 Å². The van der Waals surface area contributed by atoms with Gasteiger partial charge in [-0.25, -0.2) is 0 Å². The third kappa shape index (κ3) is 2.84. The van der Waals surface area contributed by atoms with E-state index in [-0.39, 0.29) is 5.56 Å². The molecular weight excluding hydrogens is 224 g/mol. The van der Waals surface area contributed by atoms with Gasteiger partial charge in [0.15, 0.2) is 0 Å². The van der Waals surface area contributed by atoms with Gasteiger partial charge in [0.1, 0.15) is 0 Å². The van der Waals surface area contributed by atoms with Crippen molar-refractivity contribution in [3.05, 3.63) is 29.1 Å². The molecule has 0 unspecified atom stereocenters. The van der Waals surface area contributed by atoms with Gasteiger partial charge in [-0.1, -0.05) is 0 Å². The minimum atomic E-state index is -4.81. The van der Waals surface area contributed by atoms with Gasteiger partial charge in [-0.2, -0.15) is 31.3 Å². The van der Waals surface area contributed by atoms with E-state index in [2.05, 4.69) is 0 Å². The lowest BCUT2D eigenvalue weighted by Crippen LogP contribution is -2.29. The Morgan fingerprint density at radius 3 is 1.47 bits per heavy atom. The Morgan fingerprint density at radius 1 is 0.867 bits per heavy atom. The van der Waals surface area contributed by atoms with E-state index in [4.69, 9.17) is 0 Å². The van der Waals surface area contributed by atoms with E-state index < -0.39 is 23.7 Å². The Balaban J connectivity index is 3.30. The monoisotopic (exact) mass is 230 g/mol. The fourth-order valence-electron chi connectivity index (χ4n) is 1.02. The zero-order chi connectivity index (χ0) is 11.9. The second-order valence-electron chi connectivity index (χ2n) is 2.98. The summed E-state index contributed by atoms with van der Waals surface area (Å²) in [6.45, 7) is 1.16. The van der Waals surface area contributed by atoms with E-state index in [9.17, 15) is 26.3 Å². The van der Waals surface area contributed by atoms with Crippen molar-refractivity contribution in [2.45, 2.75) is 19.3 Å². The van der Waals surface area contributed by atoms with Crippen LogP contribution in [0.3, 0.4) is 0 Å². The molecule has 1 aromatic rings. The summed E-state index contributed by atoms with van der Waals surface area (Å²) in [6.07, 6.45) is -9.63. The second kappa shape index (κ2) is 3.39. The number of aromatic nitrogens is 1. The highest BCUT2D eigenvalue weighted by Crippen LogP contribution is 2.30. The highest BCUT2D eigenvalue weighted by atomic mass is 19.4. The van der Waals surface area contributed by atoms with Gasteiger partial charge >= 0.3 is 12.4 Å². The number of rotatable bonds is 0. The molecule has 0 amide bonds. The average Bonchev–Trinajstić information content (AvgIpc) is 1.99. The number of alkyl halides is 6. The lowest BCUT2D eigenvalue weighted by molar-refractivity contribution is -0.461. The van der Waals surface area contributed by atoms with Crippen LogP contribution in [0.2, 0.25) is 0 Å². The number of hydrogen-bond acceptors (Lipinski definition) is 0. The molecule has 0 aliphatic heterocycles. The molecule has 84 valence electrons. The molecule has 0 aromatic carbocycles. The molecule has 1 aromatic heterocycles. The largest absolute Gasteiger partial charge is 0.477 e. The Labute approximate surface area is 80.7 Å². The Morgan fingerprint density at radius 2 is 1.20 bits per heavy atom. The first-order chi connectivity index (χ1) is 6.60. The van der Waals surface area contributed by atoms with E-state index >= 15 is 0 Å². The van der Waals surface area contributed by atoms with Crippen LogP contribution in [0.4, 0.5) is 26.3 Å². The summed E-state index contributed by atoms with van der Waals surface area (Å²) in [7, 11) is 0. The standard InChI is InChI=1S/C8H5F6N/c1-4-2-5(7(9,10)11)15-6(3-4)8(12,13)14/h2-3H,1H3/p+1. The van der Waals surface area contributed by atoms with Crippen molar-refractivity contribution >= 4 is 0 Å². The molecule has 7 heteroatoms. The number of hydrogen-bond donors (Lipinski definition) is 0. The lowest BCUT2D eigenvalue weighted by Gasteiger charge is -2.05. The van der Waals surface area contributed by atoms with Crippen LogP contribution < -0.4 is 4.98 Å². The summed E-state index contributed by atoms with van der Waals surface area (Å²) < 4.78 is 72.8. The molecule has 1 nitrogen and oxygen atoms in total. The summed E-state index contributed by atoms with van der Waals surface area (Å²) in [6, 6.07) is 1.24. The molecule has 0 fully saturated rings. The topological polar surface area (TPSA) is 14.1 Å². The van der Waals surface area contributed by atoms with E-state index in [0.29, 0.717) is 12.1 Å². The second-order valence-corrected chi connectivity index (χ2v) is 2.98. The molecule has 0 saturated carbocycles. The molecule has 0 bridgehead atoms. The predicted molar refractivity (Wildman–Crippen MR) is 37.7 cm³/mol. The van der Waals surface area contributed by atoms with Crippen molar-refractivity contribution in [2.24, 2.45) is 0 Å². The molecule has 0 atom stereocenters. The van der Waals surface area contributed by atoms with Gasteiger partial charge in [0, 0.05) is 12.1 Å². The maximum atomic E-state index is 12.1. The van der Waals surface area contributed by atoms with Crippen LogP contribution in [0.25, 0.3) is 0 Å². The normalized spacial score (nSPS) is 13.0. The highest BCUT2D eigenvalue weighted by Gasteiger charge is 2.44. The quantitative estimate of drug-likeness (QED) is 0.608. The number of aromatic amines is 1. The average molecular weight is 230 g/mol. The first-order valence-electron chi connectivity index (χ1n) is 3.79. The lowest BCUT2D eigenvalue weighted by atomic mass is 10.2. The van der Waals surface area contributed by atoms with E-state index in [0.717, 1.165) is 0 Å². The van der Waals surface area contributed by atoms with Crippen molar-refractivity contribution < 1.29 is 31.3 Å². The van der Waals surface area contributed by atoms with Crippen LogP contribution in [-0.2, 0) is 12.4 Å². The van der Waals surface area contributed by atoms with Gasteiger partial charge in [-0.3, -0.25) is 0 Å². The maximum Gasteiger partial charge on any atom is 0.477 e. The third-order valence-corrected chi connectivity index (χ3v) is 1.62. The molecule has 15 heavy (non-hydrogen) atoms. The summed E-state index contributed by atoms with van der Waals surface area (Å²) in [5.74, 6) is 0. The van der Waals surface area contributed by atoms with Crippen molar-refractivity contribution in [1.29, 1.82) is 0 Å². The number of pyridine rings is 1. The predicted octanol–water partition coefficient (Wildman–Crippen LogP) is 2.85. The van der Waals surface area contributed by atoms with Crippen molar-refractivity contribution in [2.75, 3.05) is 0 Å². The minimum absolute atomic E-state index is 0.103. The van der Waals surface area contributed by atoms with E-state index in [1.165, 1.54) is 11.9 Å². The SMILES string of the molecule is Cc1cc(C(F)(F)F)[nH+]c(C(F)(F)F)c1. The number of halogens is 6. The summed E-state index contributed by atoms with van der Waals surface area (Å²) in [4.78, 5) is 1.32. The van der Waals surface area contributed by atoms with Crippen molar-refractivity contribution in [3.63, 3.8) is 0 Å². The summed E-state index contributed by atoms with van der Waals surface area (Å²) >= 11 is 0. The van der Waals surface area contributed by atoms with Gasteiger partial charge in [-0.15, -0.1) is 0 Å². The highest BCUT2D eigenvalue weighted by molar-refractivity contribution is 5.17. The van der Waals surface area contributed by atoms with Crippen molar-refractivity contribution in [3.8, 4) is 0 Å². The van der Waals surface area contributed by atoms with Crippen LogP contribution in [0, 0.1) is 6.92 Å². The van der Waals surface area contributed by atoms with Crippen LogP contribution in [0.1, 0.15) is 17.0 Å². The Kier molecular flexibility index (Phi) is 2.67. The molecule has 1 N–H and O–H groups in total. The first-order valence-corrected chi connectivity index (χ1v) is 3.79. The van der Waals surface area contributed by atoms with Crippen molar-refractivity contribution in [1.82, 2.24) is 0 Å². The van der Waals surface area contributed by atoms with Gasteiger partial charge in [0.2, 0.25) is 0 Å². The zero-order valence-electron chi connectivity index (χ0n) is 7.42. The molecule has 1 rings (SSSR count). The van der Waals surface area contributed by atoms with E-state index in [1.54, 1.807) is 0 Å². The third-order valence-electron chi connectivity index (χ3n) is 1.62. The van der Waals surface area contributed by atoms with Crippen LogP contribution in [0.5, 0.6) is 0 Å². The van der Waals surface area contributed by atoms with Gasteiger partial charge in [0.05, 0.1) is 0 Å². The summed E-state index contributed by atoms with van der Waals surface area (Å²) in [5.41, 5.74) is -2.92. The van der Waals surface area contributed by atoms with Gasteiger partial charge < -0.3 is 0 Å². The first kappa shape index (κ1) is 11.8. The van der Waals surface area contributed by atoms with E-state index in [1.807, 2.05) is 0 Å². The van der Waals surface area contributed by atoms with Gasteiger partial charge in [0.25, 0.3) is 11.4 Å². The molecule has 0 spiro atoms. The Hall–Kier alpha value is -1.27. The molecule has 0 saturated heterocycles. The molecule has 0 aliphatic carbocycles.